The normalized spacial score (nSPS) is 11.1. The second-order valence-corrected chi connectivity index (χ2v) is 4.02. The molecule has 5 nitrogen and oxygen atoms in total. The van der Waals surface area contributed by atoms with E-state index in [1.54, 1.807) is 6.08 Å². The molecule has 1 N–H and O–H groups in total. The average Bonchev–Trinajstić information content (AvgIpc) is 2.31. The van der Waals surface area contributed by atoms with E-state index in [1.807, 2.05) is 19.0 Å². The van der Waals surface area contributed by atoms with Gasteiger partial charge in [-0.3, -0.25) is 4.79 Å². The van der Waals surface area contributed by atoms with E-state index < -0.39 is 5.82 Å². The number of halogens is 1. The number of nitrogens with one attached hydrogen (secondary N) is 1. The summed E-state index contributed by atoms with van der Waals surface area (Å²) in [5.41, 5.74) is 0. The zero-order valence-electron chi connectivity index (χ0n) is 10.6. The second kappa shape index (κ2) is 7.50. The number of rotatable bonds is 6. The summed E-state index contributed by atoms with van der Waals surface area (Å²) in [6.07, 6.45) is 5.98. The summed E-state index contributed by atoms with van der Waals surface area (Å²) in [4.78, 5) is 20.9. The molecule has 1 rings (SSSR count). The van der Waals surface area contributed by atoms with Gasteiger partial charge in [0.25, 0.3) is 0 Å². The topological polar surface area (TPSA) is 58.1 Å². The van der Waals surface area contributed by atoms with E-state index >= 15 is 0 Å². The van der Waals surface area contributed by atoms with Crippen molar-refractivity contribution in [2.75, 3.05) is 27.2 Å². The Morgan fingerprint density at radius 3 is 2.72 bits per heavy atom. The lowest BCUT2D eigenvalue weighted by molar-refractivity contribution is -0.116. The molecule has 98 valence electrons. The van der Waals surface area contributed by atoms with Gasteiger partial charge in [-0.05, 0) is 14.1 Å². The van der Waals surface area contributed by atoms with Crippen LogP contribution in [0.3, 0.4) is 0 Å². The van der Waals surface area contributed by atoms with Crippen molar-refractivity contribution in [2.24, 2.45) is 0 Å². The highest BCUT2D eigenvalue weighted by Crippen LogP contribution is 1.93. The van der Waals surface area contributed by atoms with Gasteiger partial charge in [0.05, 0.1) is 12.4 Å². The number of aromatic nitrogens is 2. The number of hydrogen-bond donors (Lipinski definition) is 1. The third-order valence-electron chi connectivity index (χ3n) is 2.06. The largest absolute Gasteiger partial charge is 0.352 e. The van der Waals surface area contributed by atoms with E-state index in [4.69, 9.17) is 0 Å². The van der Waals surface area contributed by atoms with Gasteiger partial charge in [-0.1, -0.05) is 6.08 Å². The molecule has 1 heterocycles. The smallest absolute Gasteiger partial charge is 0.243 e. The second-order valence-electron chi connectivity index (χ2n) is 4.02. The van der Waals surface area contributed by atoms with Crippen molar-refractivity contribution in [3.05, 3.63) is 36.2 Å². The Morgan fingerprint density at radius 1 is 1.44 bits per heavy atom. The molecule has 0 atom stereocenters. The minimum atomic E-state index is -0.464. The lowest BCUT2D eigenvalue weighted by Gasteiger charge is -2.04. The highest BCUT2D eigenvalue weighted by molar-refractivity contribution is 5.87. The van der Waals surface area contributed by atoms with Gasteiger partial charge < -0.3 is 10.2 Å². The maximum atomic E-state index is 12.5. The van der Waals surface area contributed by atoms with Gasteiger partial charge in [0, 0.05) is 25.6 Å². The molecule has 0 aliphatic rings. The van der Waals surface area contributed by atoms with Crippen molar-refractivity contribution in [1.29, 1.82) is 0 Å². The third kappa shape index (κ3) is 6.05. The molecule has 0 aliphatic heterocycles. The molecule has 1 aromatic rings. The first kappa shape index (κ1) is 14.2. The van der Waals surface area contributed by atoms with E-state index in [2.05, 4.69) is 15.3 Å². The van der Waals surface area contributed by atoms with Crippen molar-refractivity contribution >= 4 is 5.91 Å². The molecule has 0 spiro atoms. The predicted molar refractivity (Wildman–Crippen MR) is 66.4 cm³/mol. The van der Waals surface area contributed by atoms with E-state index in [0.29, 0.717) is 25.3 Å². The fourth-order valence-electron chi connectivity index (χ4n) is 1.20. The van der Waals surface area contributed by atoms with Gasteiger partial charge in [-0.15, -0.1) is 0 Å². The Hall–Kier alpha value is -1.82. The minimum Gasteiger partial charge on any atom is -0.352 e. The monoisotopic (exact) mass is 252 g/mol. The zero-order valence-corrected chi connectivity index (χ0v) is 10.6. The van der Waals surface area contributed by atoms with Crippen LogP contribution in [-0.2, 0) is 11.2 Å². The number of likely N-dealkylation sites (N-methyl/N-ethyl adjacent to an activating group) is 1. The van der Waals surface area contributed by atoms with Crippen LogP contribution >= 0.6 is 0 Å². The van der Waals surface area contributed by atoms with Crippen LogP contribution < -0.4 is 5.32 Å². The van der Waals surface area contributed by atoms with E-state index in [9.17, 15) is 9.18 Å². The van der Waals surface area contributed by atoms with E-state index in [-0.39, 0.29) is 5.91 Å². The van der Waals surface area contributed by atoms with Crippen molar-refractivity contribution in [3.63, 3.8) is 0 Å². The van der Waals surface area contributed by atoms with E-state index in [1.165, 1.54) is 6.08 Å². The molecule has 0 saturated carbocycles. The van der Waals surface area contributed by atoms with Gasteiger partial charge >= 0.3 is 0 Å². The molecule has 18 heavy (non-hydrogen) atoms. The summed E-state index contributed by atoms with van der Waals surface area (Å²) >= 11 is 0. The van der Waals surface area contributed by atoms with Crippen LogP contribution in [0.15, 0.2) is 24.5 Å². The molecule has 0 unspecified atom stereocenters. The number of hydrogen-bond acceptors (Lipinski definition) is 4. The summed E-state index contributed by atoms with van der Waals surface area (Å²) in [7, 11) is 3.85. The van der Waals surface area contributed by atoms with Gasteiger partial charge in [0.2, 0.25) is 5.91 Å². The van der Waals surface area contributed by atoms with E-state index in [0.717, 1.165) is 12.4 Å². The van der Waals surface area contributed by atoms with Crippen LogP contribution in [0, 0.1) is 5.82 Å². The molecule has 0 aliphatic carbocycles. The molecule has 0 fully saturated rings. The quantitative estimate of drug-likeness (QED) is 0.744. The Bertz CT molecular complexity index is 403. The molecular formula is C12H17FN4O. The molecular weight excluding hydrogens is 235 g/mol. The van der Waals surface area contributed by atoms with Crippen LogP contribution in [0.4, 0.5) is 4.39 Å². The first-order valence-corrected chi connectivity index (χ1v) is 5.63. The fourth-order valence-corrected chi connectivity index (χ4v) is 1.20. The molecule has 1 amide bonds. The van der Waals surface area contributed by atoms with Crippen LogP contribution in [0.1, 0.15) is 5.82 Å². The standard InChI is InChI=1S/C12H17FN4O/c1-17(2)7-3-4-12(18)14-6-5-11-15-8-10(13)9-16-11/h3-4,8-9H,5-7H2,1-2H3,(H,14,18)/b4-3+. The average molecular weight is 252 g/mol. The lowest BCUT2D eigenvalue weighted by atomic mass is 10.3. The molecule has 0 saturated heterocycles. The minimum absolute atomic E-state index is 0.154. The number of carbonyl (C=O) groups excluding carboxylic acids is 1. The fraction of sp³-hybridized carbons (Fsp3) is 0.417. The Morgan fingerprint density at radius 2 is 2.11 bits per heavy atom. The van der Waals surface area contributed by atoms with Crippen LogP contribution in [0.5, 0.6) is 0 Å². The van der Waals surface area contributed by atoms with Crippen molar-refractivity contribution < 1.29 is 9.18 Å². The van der Waals surface area contributed by atoms with Gasteiger partial charge in [-0.2, -0.15) is 0 Å². The predicted octanol–water partition coefficient (Wildman–Crippen LogP) is 0.392. The first-order valence-electron chi connectivity index (χ1n) is 5.63. The van der Waals surface area contributed by atoms with Crippen molar-refractivity contribution in [2.45, 2.75) is 6.42 Å². The van der Waals surface area contributed by atoms with Gasteiger partial charge in [0.1, 0.15) is 5.82 Å². The maximum absolute atomic E-state index is 12.5. The summed E-state index contributed by atoms with van der Waals surface area (Å²) in [5.74, 6) is -0.109. The molecule has 0 radical (unpaired) electrons. The van der Waals surface area contributed by atoms with Gasteiger partial charge in [-0.25, -0.2) is 14.4 Å². The molecule has 1 aromatic heterocycles. The number of nitrogens with zero attached hydrogens (tertiary/aromatic N) is 3. The van der Waals surface area contributed by atoms with Crippen LogP contribution in [-0.4, -0.2) is 48.0 Å². The van der Waals surface area contributed by atoms with Crippen LogP contribution in [0.2, 0.25) is 0 Å². The van der Waals surface area contributed by atoms with Gasteiger partial charge in [0.15, 0.2) is 5.82 Å². The Labute approximate surface area is 106 Å². The van der Waals surface area contributed by atoms with Crippen molar-refractivity contribution in [1.82, 2.24) is 20.2 Å². The highest BCUT2D eigenvalue weighted by Gasteiger charge is 1.99. The maximum Gasteiger partial charge on any atom is 0.243 e. The number of amides is 1. The Kier molecular flexibility index (Phi) is 5.93. The van der Waals surface area contributed by atoms with Crippen molar-refractivity contribution in [3.8, 4) is 0 Å². The highest BCUT2D eigenvalue weighted by atomic mass is 19.1. The summed E-state index contributed by atoms with van der Waals surface area (Å²) in [5, 5.41) is 2.70. The molecule has 0 bridgehead atoms. The lowest BCUT2D eigenvalue weighted by Crippen LogP contribution is -2.24. The zero-order chi connectivity index (χ0) is 13.4. The summed E-state index contributed by atoms with van der Waals surface area (Å²) in [6.45, 7) is 1.14. The third-order valence-corrected chi connectivity index (χ3v) is 2.06. The summed E-state index contributed by atoms with van der Waals surface area (Å²) < 4.78 is 12.5. The Balaban J connectivity index is 2.23. The van der Waals surface area contributed by atoms with Crippen LogP contribution in [0.25, 0.3) is 0 Å². The molecule has 6 heteroatoms. The summed E-state index contributed by atoms with van der Waals surface area (Å²) in [6, 6.07) is 0. The number of carbonyl (C=O) groups is 1. The first-order chi connectivity index (χ1) is 8.58. The molecule has 0 aromatic carbocycles. The SMILES string of the molecule is CN(C)C/C=C/C(=O)NCCc1ncc(F)cn1.